The van der Waals surface area contributed by atoms with E-state index in [4.69, 9.17) is 5.73 Å². The summed E-state index contributed by atoms with van der Waals surface area (Å²) in [6.07, 6.45) is 2.69. The van der Waals surface area contributed by atoms with Crippen molar-refractivity contribution < 1.29 is 13.2 Å². The van der Waals surface area contributed by atoms with E-state index in [1.54, 1.807) is 18.2 Å². The van der Waals surface area contributed by atoms with Gasteiger partial charge in [-0.1, -0.05) is 12.5 Å². The third-order valence-corrected chi connectivity index (χ3v) is 6.84. The molecule has 1 unspecified atom stereocenters. The maximum absolute atomic E-state index is 13.2. The van der Waals surface area contributed by atoms with E-state index in [1.165, 1.54) is 4.31 Å². The fraction of sp³-hybridized carbons (Fsp3) is 0.533. The van der Waals surface area contributed by atoms with Crippen LogP contribution in [0.15, 0.2) is 23.1 Å². The van der Waals surface area contributed by atoms with Gasteiger partial charge in [-0.15, -0.1) is 12.4 Å². The van der Waals surface area contributed by atoms with Gasteiger partial charge in [-0.25, -0.2) is 8.42 Å². The molecular formula is C15H22ClN5O3S2. The first-order valence-corrected chi connectivity index (χ1v) is 10.4. The number of amides is 1. The van der Waals surface area contributed by atoms with E-state index >= 15 is 0 Å². The minimum Gasteiger partial charge on any atom is -0.354 e. The summed E-state index contributed by atoms with van der Waals surface area (Å²) in [7, 11) is -3.71. The highest BCUT2D eigenvalue weighted by atomic mass is 35.5. The van der Waals surface area contributed by atoms with Crippen LogP contribution < -0.4 is 11.1 Å². The highest BCUT2D eigenvalue weighted by Gasteiger charge is 2.35. The van der Waals surface area contributed by atoms with Crippen LogP contribution in [0.25, 0.3) is 11.0 Å². The van der Waals surface area contributed by atoms with Crippen molar-refractivity contribution in [1.29, 1.82) is 0 Å². The van der Waals surface area contributed by atoms with Crippen LogP contribution in [0.1, 0.15) is 25.7 Å². The maximum atomic E-state index is 13.2. The van der Waals surface area contributed by atoms with Crippen molar-refractivity contribution in [3.05, 3.63) is 18.2 Å². The molecular weight excluding hydrogens is 398 g/mol. The molecule has 1 fully saturated rings. The molecule has 1 aromatic carbocycles. The molecule has 0 bridgehead atoms. The van der Waals surface area contributed by atoms with Crippen LogP contribution in [0, 0.1) is 0 Å². The van der Waals surface area contributed by atoms with Gasteiger partial charge in [0.1, 0.15) is 15.9 Å². The summed E-state index contributed by atoms with van der Waals surface area (Å²) >= 11 is 0.998. The number of benzene rings is 1. The lowest BCUT2D eigenvalue weighted by atomic mass is 10.1. The number of halogens is 1. The van der Waals surface area contributed by atoms with Crippen LogP contribution in [0.4, 0.5) is 0 Å². The second-order valence-corrected chi connectivity index (χ2v) is 8.38. The molecule has 0 saturated carbocycles. The Morgan fingerprint density at radius 3 is 2.92 bits per heavy atom. The largest absolute Gasteiger partial charge is 0.354 e. The summed E-state index contributed by atoms with van der Waals surface area (Å²) in [6.45, 7) is 1.01. The lowest BCUT2D eigenvalue weighted by molar-refractivity contribution is -0.121. The van der Waals surface area contributed by atoms with E-state index in [-0.39, 0.29) is 42.2 Å². The Kier molecular flexibility index (Phi) is 7.30. The predicted molar refractivity (Wildman–Crippen MR) is 103 cm³/mol. The normalized spacial score (nSPS) is 18.4. The van der Waals surface area contributed by atoms with Gasteiger partial charge in [-0.3, -0.25) is 4.79 Å². The van der Waals surface area contributed by atoms with Gasteiger partial charge in [0.2, 0.25) is 15.9 Å². The summed E-state index contributed by atoms with van der Waals surface area (Å²) in [5.41, 5.74) is 6.36. The third-order valence-electron chi connectivity index (χ3n) is 4.32. The summed E-state index contributed by atoms with van der Waals surface area (Å²) in [5, 5.41) is 2.79. The highest BCUT2D eigenvalue weighted by molar-refractivity contribution is 7.89. The van der Waals surface area contributed by atoms with Gasteiger partial charge in [0.15, 0.2) is 0 Å². The van der Waals surface area contributed by atoms with Crippen LogP contribution in [0.2, 0.25) is 0 Å². The Bertz CT molecular complexity index is 858. The molecule has 1 aromatic heterocycles. The molecule has 1 aliphatic heterocycles. The van der Waals surface area contributed by atoms with Crippen molar-refractivity contribution in [2.75, 3.05) is 19.6 Å². The number of hydrogen-bond acceptors (Lipinski definition) is 7. The Balaban J connectivity index is 0.00000243. The SMILES string of the molecule is Cl.NCCC(=O)NCC1CCCCN1S(=O)(=O)c1cccc2nsnc12. The van der Waals surface area contributed by atoms with E-state index in [0.29, 0.717) is 30.5 Å². The molecule has 2 heterocycles. The zero-order valence-corrected chi connectivity index (χ0v) is 16.6. The molecule has 2 aromatic rings. The zero-order valence-electron chi connectivity index (χ0n) is 14.1. The summed E-state index contributed by atoms with van der Waals surface area (Å²) in [5.74, 6) is -0.156. The summed E-state index contributed by atoms with van der Waals surface area (Å²) in [4.78, 5) is 11.9. The van der Waals surface area contributed by atoms with Crippen LogP contribution in [0.5, 0.6) is 0 Å². The van der Waals surface area contributed by atoms with Crippen molar-refractivity contribution in [2.24, 2.45) is 5.73 Å². The molecule has 26 heavy (non-hydrogen) atoms. The first kappa shape index (κ1) is 21.0. The Labute approximate surface area is 162 Å². The van der Waals surface area contributed by atoms with Gasteiger partial charge in [0.05, 0.1) is 11.7 Å². The van der Waals surface area contributed by atoms with E-state index in [9.17, 15) is 13.2 Å². The van der Waals surface area contributed by atoms with Crippen LogP contribution in [-0.2, 0) is 14.8 Å². The van der Waals surface area contributed by atoms with Crippen molar-refractivity contribution >= 4 is 51.1 Å². The second kappa shape index (κ2) is 9.05. The summed E-state index contributed by atoms with van der Waals surface area (Å²) in [6, 6.07) is 4.73. The van der Waals surface area contributed by atoms with E-state index in [1.807, 2.05) is 0 Å². The van der Waals surface area contributed by atoms with Crippen molar-refractivity contribution in [1.82, 2.24) is 18.4 Å². The second-order valence-electron chi connectivity index (χ2n) is 6.00. The van der Waals surface area contributed by atoms with Gasteiger partial charge in [-0.05, 0) is 25.0 Å². The van der Waals surface area contributed by atoms with Gasteiger partial charge in [0, 0.05) is 32.1 Å². The minimum absolute atomic E-state index is 0. The standard InChI is InChI=1S/C15H21N5O3S2.ClH/c16-8-7-14(21)17-10-11-4-1-2-9-20(11)25(22,23)13-6-3-5-12-15(13)19-24-18-12;/h3,5-6,11H,1-2,4,7-10,16H2,(H,17,21);1H. The number of carbonyl (C=O) groups excluding carboxylic acids is 1. The quantitative estimate of drug-likeness (QED) is 0.724. The van der Waals surface area contributed by atoms with Gasteiger partial charge >= 0.3 is 0 Å². The average molecular weight is 420 g/mol. The fourth-order valence-electron chi connectivity index (χ4n) is 3.06. The Morgan fingerprint density at radius 1 is 1.35 bits per heavy atom. The Morgan fingerprint density at radius 2 is 2.15 bits per heavy atom. The van der Waals surface area contributed by atoms with Crippen molar-refractivity contribution in [2.45, 2.75) is 36.6 Å². The lowest BCUT2D eigenvalue weighted by Crippen LogP contribution is -2.49. The van der Waals surface area contributed by atoms with Crippen molar-refractivity contribution in [3.63, 3.8) is 0 Å². The summed E-state index contributed by atoms with van der Waals surface area (Å²) < 4.78 is 36.2. The lowest BCUT2D eigenvalue weighted by Gasteiger charge is -2.34. The van der Waals surface area contributed by atoms with E-state index in [2.05, 4.69) is 14.1 Å². The maximum Gasteiger partial charge on any atom is 0.245 e. The number of hydrogen-bond donors (Lipinski definition) is 2. The van der Waals surface area contributed by atoms with E-state index < -0.39 is 10.0 Å². The molecule has 144 valence electrons. The number of nitrogens with zero attached hydrogens (tertiary/aromatic N) is 3. The highest BCUT2D eigenvalue weighted by Crippen LogP contribution is 2.29. The van der Waals surface area contributed by atoms with Gasteiger partial charge in [-0.2, -0.15) is 13.1 Å². The molecule has 1 saturated heterocycles. The van der Waals surface area contributed by atoms with Crippen LogP contribution >= 0.6 is 24.1 Å². The average Bonchev–Trinajstić information content (AvgIpc) is 3.09. The molecule has 1 amide bonds. The first-order valence-electron chi connectivity index (χ1n) is 8.24. The fourth-order valence-corrected chi connectivity index (χ4v) is 5.51. The van der Waals surface area contributed by atoms with Crippen LogP contribution in [-0.4, -0.2) is 53.1 Å². The number of nitrogens with two attached hydrogens (primary N) is 1. The van der Waals surface area contributed by atoms with Gasteiger partial charge < -0.3 is 11.1 Å². The smallest absolute Gasteiger partial charge is 0.245 e. The number of piperidine rings is 1. The van der Waals surface area contributed by atoms with Crippen LogP contribution in [0.3, 0.4) is 0 Å². The molecule has 1 atom stereocenters. The molecule has 0 spiro atoms. The minimum atomic E-state index is -3.71. The number of rotatable bonds is 6. The molecule has 8 nitrogen and oxygen atoms in total. The topological polar surface area (TPSA) is 118 Å². The molecule has 0 aliphatic carbocycles. The Hall–Kier alpha value is -1.33. The molecule has 11 heteroatoms. The zero-order chi connectivity index (χ0) is 17.9. The van der Waals surface area contributed by atoms with Gasteiger partial charge in [0.25, 0.3) is 0 Å². The molecule has 0 radical (unpaired) electrons. The van der Waals surface area contributed by atoms with E-state index in [0.717, 1.165) is 24.6 Å². The number of carbonyl (C=O) groups is 1. The third kappa shape index (κ3) is 4.32. The number of fused-ring (bicyclic) bond motifs is 1. The number of aromatic nitrogens is 2. The first-order chi connectivity index (χ1) is 12.0. The monoisotopic (exact) mass is 419 g/mol. The number of sulfonamides is 1. The molecule has 3 N–H and O–H groups in total. The number of nitrogens with one attached hydrogen (secondary N) is 1. The molecule has 3 rings (SSSR count). The predicted octanol–water partition coefficient (Wildman–Crippen LogP) is 1.12. The molecule has 1 aliphatic rings. The van der Waals surface area contributed by atoms with Crippen molar-refractivity contribution in [3.8, 4) is 0 Å².